The van der Waals surface area contributed by atoms with Gasteiger partial charge < -0.3 is 9.64 Å². The van der Waals surface area contributed by atoms with Crippen LogP contribution in [-0.4, -0.2) is 35.1 Å². The predicted molar refractivity (Wildman–Crippen MR) is 73.1 cm³/mol. The topological polar surface area (TPSA) is 55.3 Å². The van der Waals surface area contributed by atoms with Gasteiger partial charge in [-0.1, -0.05) is 13.8 Å². The van der Waals surface area contributed by atoms with Crippen LogP contribution in [0, 0.1) is 0 Å². The molecule has 0 spiro atoms. The first-order valence-electron chi connectivity index (χ1n) is 6.86. The fraction of sp³-hybridized carbons (Fsp3) is 0.643. The van der Waals surface area contributed by atoms with Crippen LogP contribution in [0.4, 0.5) is 5.82 Å². The first-order chi connectivity index (χ1) is 9.11. The standard InChI is InChI=1S/C14H21N3O2/c1-4-19-14(18)8-17(11-5-6-11)13-7-12(10(2)3)15-9-16-13/h7,9-11H,4-6,8H2,1-3H3. The van der Waals surface area contributed by atoms with Crippen molar-refractivity contribution in [1.82, 2.24) is 9.97 Å². The van der Waals surface area contributed by atoms with Gasteiger partial charge in [-0.3, -0.25) is 4.79 Å². The van der Waals surface area contributed by atoms with E-state index in [9.17, 15) is 4.79 Å². The maximum atomic E-state index is 11.7. The Morgan fingerprint density at radius 2 is 2.21 bits per heavy atom. The third kappa shape index (κ3) is 3.66. The maximum absolute atomic E-state index is 11.7. The van der Waals surface area contributed by atoms with E-state index < -0.39 is 0 Å². The Bertz CT molecular complexity index is 444. The molecule has 0 atom stereocenters. The SMILES string of the molecule is CCOC(=O)CN(c1cc(C(C)C)ncn1)C1CC1. The van der Waals surface area contributed by atoms with Gasteiger partial charge in [0.15, 0.2) is 0 Å². The quantitative estimate of drug-likeness (QED) is 0.736. The van der Waals surface area contributed by atoms with E-state index in [0.29, 0.717) is 18.6 Å². The number of rotatable bonds is 6. The van der Waals surface area contributed by atoms with Gasteiger partial charge >= 0.3 is 5.97 Å². The normalized spacial score (nSPS) is 14.5. The highest BCUT2D eigenvalue weighted by Gasteiger charge is 2.32. The van der Waals surface area contributed by atoms with Crippen LogP contribution in [0.25, 0.3) is 0 Å². The van der Waals surface area contributed by atoms with Crippen molar-refractivity contribution < 1.29 is 9.53 Å². The fourth-order valence-corrected chi connectivity index (χ4v) is 1.96. The molecule has 0 aliphatic heterocycles. The van der Waals surface area contributed by atoms with Gasteiger partial charge in [0.05, 0.1) is 6.61 Å². The van der Waals surface area contributed by atoms with E-state index >= 15 is 0 Å². The molecule has 0 N–H and O–H groups in total. The minimum absolute atomic E-state index is 0.195. The first-order valence-corrected chi connectivity index (χ1v) is 6.86. The highest BCUT2D eigenvalue weighted by molar-refractivity contribution is 5.75. The second-order valence-corrected chi connectivity index (χ2v) is 5.12. The molecule has 1 aliphatic carbocycles. The second-order valence-electron chi connectivity index (χ2n) is 5.12. The number of ether oxygens (including phenoxy) is 1. The lowest BCUT2D eigenvalue weighted by Crippen LogP contribution is -2.33. The Morgan fingerprint density at radius 3 is 2.79 bits per heavy atom. The zero-order valence-corrected chi connectivity index (χ0v) is 11.8. The Balaban J connectivity index is 2.14. The number of carbonyl (C=O) groups is 1. The number of nitrogens with zero attached hydrogens (tertiary/aromatic N) is 3. The average molecular weight is 263 g/mol. The van der Waals surface area contributed by atoms with Gasteiger partial charge in [-0.05, 0) is 25.7 Å². The van der Waals surface area contributed by atoms with Gasteiger partial charge in [-0.2, -0.15) is 0 Å². The van der Waals surface area contributed by atoms with Gasteiger partial charge in [0.25, 0.3) is 0 Å². The lowest BCUT2D eigenvalue weighted by atomic mass is 10.1. The van der Waals surface area contributed by atoms with Crippen LogP contribution in [0.1, 0.15) is 45.2 Å². The molecule has 1 aromatic heterocycles. The Labute approximate surface area is 114 Å². The molecule has 1 fully saturated rings. The van der Waals surface area contributed by atoms with Gasteiger partial charge in [-0.25, -0.2) is 9.97 Å². The fourth-order valence-electron chi connectivity index (χ4n) is 1.96. The van der Waals surface area contributed by atoms with Crippen molar-refractivity contribution >= 4 is 11.8 Å². The van der Waals surface area contributed by atoms with E-state index in [2.05, 4.69) is 23.8 Å². The minimum atomic E-state index is -0.195. The predicted octanol–water partition coefficient (Wildman–Crippen LogP) is 2.13. The molecule has 0 amide bonds. The zero-order chi connectivity index (χ0) is 13.8. The minimum Gasteiger partial charge on any atom is -0.465 e. The molecular formula is C14H21N3O2. The van der Waals surface area contributed by atoms with Crippen LogP contribution < -0.4 is 4.90 Å². The Kier molecular flexibility index (Phi) is 4.35. The molecule has 2 rings (SSSR count). The van der Waals surface area contributed by atoms with E-state index in [4.69, 9.17) is 4.74 Å². The molecule has 0 saturated heterocycles. The summed E-state index contributed by atoms with van der Waals surface area (Å²) in [5, 5.41) is 0. The van der Waals surface area contributed by atoms with Crippen molar-refractivity contribution in [1.29, 1.82) is 0 Å². The summed E-state index contributed by atoms with van der Waals surface area (Å²) in [6.45, 7) is 6.70. The van der Waals surface area contributed by atoms with Gasteiger partial charge in [0, 0.05) is 17.8 Å². The molecular weight excluding hydrogens is 242 g/mol. The van der Waals surface area contributed by atoms with Gasteiger partial charge in [0.1, 0.15) is 18.7 Å². The van der Waals surface area contributed by atoms with Crippen molar-refractivity contribution in [2.24, 2.45) is 0 Å². The third-order valence-corrected chi connectivity index (χ3v) is 3.15. The summed E-state index contributed by atoms with van der Waals surface area (Å²) in [5.74, 6) is 0.985. The van der Waals surface area contributed by atoms with Crippen molar-refractivity contribution in [3.8, 4) is 0 Å². The Hall–Kier alpha value is -1.65. The number of esters is 1. The summed E-state index contributed by atoms with van der Waals surface area (Å²) in [5.41, 5.74) is 1.000. The first kappa shape index (κ1) is 13.8. The monoisotopic (exact) mass is 263 g/mol. The maximum Gasteiger partial charge on any atom is 0.325 e. The van der Waals surface area contributed by atoms with Crippen LogP contribution in [0.15, 0.2) is 12.4 Å². The van der Waals surface area contributed by atoms with Crippen LogP contribution in [0.5, 0.6) is 0 Å². The zero-order valence-electron chi connectivity index (χ0n) is 11.8. The third-order valence-electron chi connectivity index (χ3n) is 3.15. The summed E-state index contributed by atoms with van der Waals surface area (Å²) in [6, 6.07) is 2.39. The molecule has 19 heavy (non-hydrogen) atoms. The van der Waals surface area contributed by atoms with Crippen molar-refractivity contribution in [3.05, 3.63) is 18.1 Å². The molecule has 0 aromatic carbocycles. The summed E-state index contributed by atoms with van der Waals surface area (Å²) in [6.07, 6.45) is 3.80. The lowest BCUT2D eigenvalue weighted by Gasteiger charge is -2.22. The van der Waals surface area contributed by atoms with Crippen molar-refractivity contribution in [3.63, 3.8) is 0 Å². The highest BCUT2D eigenvalue weighted by Crippen LogP contribution is 2.31. The molecule has 5 nitrogen and oxygen atoms in total. The second kappa shape index (κ2) is 5.99. The van der Waals surface area contributed by atoms with Crippen LogP contribution in [0.2, 0.25) is 0 Å². The number of aromatic nitrogens is 2. The molecule has 104 valence electrons. The van der Waals surface area contributed by atoms with E-state index in [-0.39, 0.29) is 12.5 Å². The summed E-state index contributed by atoms with van der Waals surface area (Å²) < 4.78 is 5.03. The van der Waals surface area contributed by atoms with Crippen LogP contribution >= 0.6 is 0 Å². The molecule has 1 aromatic rings. The average Bonchev–Trinajstić information content (AvgIpc) is 3.20. The largest absolute Gasteiger partial charge is 0.465 e. The van der Waals surface area contributed by atoms with Crippen LogP contribution in [0.3, 0.4) is 0 Å². The molecule has 5 heteroatoms. The van der Waals surface area contributed by atoms with E-state index in [1.54, 1.807) is 6.33 Å². The van der Waals surface area contributed by atoms with Gasteiger partial charge in [-0.15, -0.1) is 0 Å². The van der Waals surface area contributed by atoms with E-state index in [1.807, 2.05) is 17.9 Å². The molecule has 1 heterocycles. The summed E-state index contributed by atoms with van der Waals surface area (Å²) in [7, 11) is 0. The van der Waals surface area contributed by atoms with E-state index in [1.165, 1.54) is 0 Å². The molecule has 0 radical (unpaired) electrons. The summed E-state index contributed by atoms with van der Waals surface area (Å²) in [4.78, 5) is 22.3. The molecule has 0 bridgehead atoms. The smallest absolute Gasteiger partial charge is 0.325 e. The lowest BCUT2D eigenvalue weighted by molar-refractivity contribution is -0.141. The van der Waals surface area contributed by atoms with Crippen molar-refractivity contribution in [2.45, 2.75) is 45.6 Å². The number of carbonyl (C=O) groups excluding carboxylic acids is 1. The van der Waals surface area contributed by atoms with Crippen molar-refractivity contribution in [2.75, 3.05) is 18.1 Å². The summed E-state index contributed by atoms with van der Waals surface area (Å²) >= 11 is 0. The number of hydrogen-bond acceptors (Lipinski definition) is 5. The van der Waals surface area contributed by atoms with E-state index in [0.717, 1.165) is 24.4 Å². The van der Waals surface area contributed by atoms with Crippen LogP contribution in [-0.2, 0) is 9.53 Å². The molecule has 1 saturated carbocycles. The molecule has 1 aliphatic rings. The Morgan fingerprint density at radius 1 is 1.47 bits per heavy atom. The van der Waals surface area contributed by atoms with Gasteiger partial charge in [0.2, 0.25) is 0 Å². The molecule has 0 unspecified atom stereocenters. The number of hydrogen-bond donors (Lipinski definition) is 0. The highest BCUT2D eigenvalue weighted by atomic mass is 16.5. The number of anilines is 1.